The summed E-state index contributed by atoms with van der Waals surface area (Å²) in [4.78, 5) is 23.3. The highest BCUT2D eigenvalue weighted by atomic mass is 79.9. The van der Waals surface area contributed by atoms with Crippen LogP contribution in [0.15, 0.2) is 58.1 Å². The van der Waals surface area contributed by atoms with Crippen molar-refractivity contribution in [1.29, 1.82) is 0 Å². The van der Waals surface area contributed by atoms with E-state index in [0.29, 0.717) is 16.3 Å². The summed E-state index contributed by atoms with van der Waals surface area (Å²) < 4.78 is 0.876. The smallest absolute Gasteiger partial charge is 0.318 e. The van der Waals surface area contributed by atoms with Gasteiger partial charge in [-0.3, -0.25) is 9.59 Å². The zero-order chi connectivity index (χ0) is 15.9. The third-order valence-electron chi connectivity index (χ3n) is 2.54. The van der Waals surface area contributed by atoms with E-state index in [1.807, 2.05) is 0 Å². The molecule has 7 heteroatoms. The van der Waals surface area contributed by atoms with Crippen LogP contribution in [-0.4, -0.2) is 18.0 Å². The molecule has 0 radical (unpaired) electrons. The third-order valence-corrected chi connectivity index (χ3v) is 3.30. The van der Waals surface area contributed by atoms with Crippen LogP contribution >= 0.6 is 27.5 Å². The van der Waals surface area contributed by atoms with Gasteiger partial charge in [-0.05, 0) is 42.0 Å². The van der Waals surface area contributed by atoms with Crippen LogP contribution in [0.1, 0.15) is 5.56 Å². The zero-order valence-electron chi connectivity index (χ0n) is 11.2. The second-order valence-electron chi connectivity index (χ2n) is 4.22. The molecule has 0 atom stereocenters. The lowest BCUT2D eigenvalue weighted by molar-refractivity contribution is -0.136. The maximum atomic E-state index is 11.7. The Bertz CT molecular complexity index is 717. The van der Waals surface area contributed by atoms with Crippen molar-refractivity contribution >= 4 is 51.2 Å². The number of rotatable bonds is 3. The summed E-state index contributed by atoms with van der Waals surface area (Å²) in [5.41, 5.74) is 3.37. The SMILES string of the molecule is O=C(N/N=C\c1cccc(Cl)c1)C(=O)Nc1ccc(Br)cc1. The average molecular weight is 381 g/mol. The van der Waals surface area contributed by atoms with Crippen molar-refractivity contribution in [1.82, 2.24) is 5.43 Å². The van der Waals surface area contributed by atoms with Crippen LogP contribution in [0.3, 0.4) is 0 Å². The molecule has 2 N–H and O–H groups in total. The highest BCUT2D eigenvalue weighted by Crippen LogP contribution is 2.13. The lowest BCUT2D eigenvalue weighted by Crippen LogP contribution is -2.32. The van der Waals surface area contributed by atoms with E-state index < -0.39 is 11.8 Å². The van der Waals surface area contributed by atoms with Crippen molar-refractivity contribution in [3.8, 4) is 0 Å². The van der Waals surface area contributed by atoms with E-state index in [-0.39, 0.29) is 0 Å². The van der Waals surface area contributed by atoms with Crippen LogP contribution in [0.4, 0.5) is 5.69 Å². The largest absolute Gasteiger partial charge is 0.329 e. The Hall–Kier alpha value is -2.18. The second kappa shape index (κ2) is 7.72. The molecule has 0 aliphatic carbocycles. The molecule has 0 aliphatic heterocycles. The average Bonchev–Trinajstić information content (AvgIpc) is 2.49. The highest BCUT2D eigenvalue weighted by Gasteiger charge is 2.12. The molecule has 2 rings (SSSR count). The van der Waals surface area contributed by atoms with E-state index in [1.165, 1.54) is 6.21 Å². The Morgan fingerprint density at radius 1 is 1.09 bits per heavy atom. The van der Waals surface area contributed by atoms with E-state index in [9.17, 15) is 9.59 Å². The molecular weight excluding hydrogens is 370 g/mol. The van der Waals surface area contributed by atoms with Crippen molar-refractivity contribution in [3.05, 3.63) is 63.6 Å². The fraction of sp³-hybridized carbons (Fsp3) is 0. The van der Waals surface area contributed by atoms with Crippen LogP contribution in [0, 0.1) is 0 Å². The maximum Gasteiger partial charge on any atom is 0.329 e. The van der Waals surface area contributed by atoms with Gasteiger partial charge in [0.2, 0.25) is 0 Å². The summed E-state index contributed by atoms with van der Waals surface area (Å²) in [5.74, 6) is -1.66. The van der Waals surface area contributed by atoms with Crippen molar-refractivity contribution in [2.45, 2.75) is 0 Å². The Kier molecular flexibility index (Phi) is 5.68. The summed E-state index contributed by atoms with van der Waals surface area (Å²) in [5, 5.41) is 6.73. The van der Waals surface area contributed by atoms with Gasteiger partial charge in [-0.15, -0.1) is 0 Å². The minimum Gasteiger partial charge on any atom is -0.318 e. The molecule has 2 aromatic carbocycles. The highest BCUT2D eigenvalue weighted by molar-refractivity contribution is 9.10. The standard InChI is InChI=1S/C15H11BrClN3O2/c16-11-4-6-13(7-5-11)19-14(21)15(22)20-18-9-10-2-1-3-12(17)8-10/h1-9H,(H,19,21)(H,20,22)/b18-9-. The second-order valence-corrected chi connectivity index (χ2v) is 5.57. The quantitative estimate of drug-likeness (QED) is 0.488. The van der Waals surface area contributed by atoms with Gasteiger partial charge in [0.15, 0.2) is 0 Å². The van der Waals surface area contributed by atoms with E-state index in [1.54, 1.807) is 48.5 Å². The molecule has 22 heavy (non-hydrogen) atoms. The first-order valence-electron chi connectivity index (χ1n) is 6.20. The fourth-order valence-electron chi connectivity index (χ4n) is 1.52. The number of benzene rings is 2. The number of carbonyl (C=O) groups excluding carboxylic acids is 2. The molecular formula is C15H11BrClN3O2. The van der Waals surface area contributed by atoms with Gasteiger partial charge < -0.3 is 5.32 Å². The fourth-order valence-corrected chi connectivity index (χ4v) is 1.99. The Morgan fingerprint density at radius 2 is 1.82 bits per heavy atom. The number of nitrogens with zero attached hydrogens (tertiary/aromatic N) is 1. The number of hydrogen-bond acceptors (Lipinski definition) is 3. The summed E-state index contributed by atoms with van der Waals surface area (Å²) in [6.07, 6.45) is 1.40. The van der Waals surface area contributed by atoms with Crippen molar-refractivity contribution in [2.24, 2.45) is 5.10 Å². The van der Waals surface area contributed by atoms with E-state index in [2.05, 4.69) is 31.8 Å². The van der Waals surface area contributed by atoms with E-state index in [4.69, 9.17) is 11.6 Å². The summed E-state index contributed by atoms with van der Waals surface area (Å²) in [6.45, 7) is 0. The number of hydrazone groups is 1. The Balaban J connectivity index is 1.89. The minimum atomic E-state index is -0.860. The van der Waals surface area contributed by atoms with Crippen LogP contribution in [0.25, 0.3) is 0 Å². The number of halogens is 2. The van der Waals surface area contributed by atoms with Crippen LogP contribution in [-0.2, 0) is 9.59 Å². The number of anilines is 1. The van der Waals surface area contributed by atoms with Gasteiger partial charge in [0.25, 0.3) is 0 Å². The van der Waals surface area contributed by atoms with Gasteiger partial charge >= 0.3 is 11.8 Å². The Labute approximate surface area is 140 Å². The summed E-state index contributed by atoms with van der Waals surface area (Å²) in [6, 6.07) is 13.8. The van der Waals surface area contributed by atoms with Crippen molar-refractivity contribution in [3.63, 3.8) is 0 Å². The van der Waals surface area contributed by atoms with E-state index >= 15 is 0 Å². The van der Waals surface area contributed by atoms with Gasteiger partial charge in [0, 0.05) is 15.2 Å². The minimum absolute atomic E-state index is 0.516. The topological polar surface area (TPSA) is 70.6 Å². The van der Waals surface area contributed by atoms with Gasteiger partial charge in [0.1, 0.15) is 0 Å². The molecule has 0 fully saturated rings. The normalized spacial score (nSPS) is 10.5. The van der Waals surface area contributed by atoms with Gasteiger partial charge in [0.05, 0.1) is 6.21 Å². The van der Waals surface area contributed by atoms with Crippen molar-refractivity contribution in [2.75, 3.05) is 5.32 Å². The molecule has 0 bridgehead atoms. The first kappa shape index (κ1) is 16.2. The molecule has 2 amide bonds. The predicted octanol–water partition coefficient (Wildman–Crippen LogP) is 3.19. The lowest BCUT2D eigenvalue weighted by Gasteiger charge is -2.03. The van der Waals surface area contributed by atoms with Gasteiger partial charge in [-0.25, -0.2) is 5.43 Å². The molecule has 0 saturated carbocycles. The van der Waals surface area contributed by atoms with Crippen LogP contribution in [0.5, 0.6) is 0 Å². The van der Waals surface area contributed by atoms with Gasteiger partial charge in [-0.2, -0.15) is 5.10 Å². The lowest BCUT2D eigenvalue weighted by atomic mass is 10.2. The molecule has 5 nitrogen and oxygen atoms in total. The molecule has 0 spiro atoms. The van der Waals surface area contributed by atoms with E-state index in [0.717, 1.165) is 4.47 Å². The molecule has 2 aromatic rings. The van der Waals surface area contributed by atoms with Crippen LogP contribution < -0.4 is 10.7 Å². The number of amides is 2. The molecule has 0 saturated heterocycles. The molecule has 112 valence electrons. The molecule has 0 aromatic heterocycles. The maximum absolute atomic E-state index is 11.7. The number of hydrogen-bond donors (Lipinski definition) is 2. The third kappa shape index (κ3) is 4.98. The van der Waals surface area contributed by atoms with Crippen molar-refractivity contribution < 1.29 is 9.59 Å². The summed E-state index contributed by atoms with van der Waals surface area (Å²) in [7, 11) is 0. The number of carbonyl (C=O) groups is 2. The number of nitrogens with one attached hydrogen (secondary N) is 2. The molecule has 0 aliphatic rings. The zero-order valence-corrected chi connectivity index (χ0v) is 13.6. The predicted molar refractivity (Wildman–Crippen MR) is 90.0 cm³/mol. The van der Waals surface area contributed by atoms with Crippen LogP contribution in [0.2, 0.25) is 5.02 Å². The van der Waals surface area contributed by atoms with Gasteiger partial charge in [-0.1, -0.05) is 39.7 Å². The first-order chi connectivity index (χ1) is 10.5. The molecule has 0 heterocycles. The Morgan fingerprint density at radius 3 is 2.50 bits per heavy atom. The monoisotopic (exact) mass is 379 g/mol. The molecule has 0 unspecified atom stereocenters. The first-order valence-corrected chi connectivity index (χ1v) is 7.37. The summed E-state index contributed by atoms with van der Waals surface area (Å²) >= 11 is 9.10.